The second kappa shape index (κ2) is 9.30. The molecule has 0 aliphatic heterocycles. The van der Waals surface area contributed by atoms with Crippen LogP contribution in [0, 0.1) is 13.8 Å². The summed E-state index contributed by atoms with van der Waals surface area (Å²) in [6.45, 7) is 4.00. The van der Waals surface area contributed by atoms with Gasteiger partial charge in [-0.15, -0.1) is 0 Å². The molecule has 0 N–H and O–H groups in total. The van der Waals surface area contributed by atoms with E-state index < -0.39 is 21.6 Å². The van der Waals surface area contributed by atoms with E-state index in [1.807, 2.05) is 62.4 Å². The van der Waals surface area contributed by atoms with Gasteiger partial charge in [-0.2, -0.15) is 0 Å². The maximum atomic E-state index is 12.0. The molecule has 0 amide bonds. The summed E-state index contributed by atoms with van der Waals surface area (Å²) >= 11 is 0. The minimum Gasteiger partial charge on any atom is -0.250 e. The first-order chi connectivity index (χ1) is 11.6. The molecule has 0 aromatic heterocycles. The van der Waals surface area contributed by atoms with Gasteiger partial charge in [-0.25, -0.2) is 8.42 Å². The van der Waals surface area contributed by atoms with Crippen molar-refractivity contribution in [3.63, 3.8) is 0 Å². The van der Waals surface area contributed by atoms with E-state index in [9.17, 15) is 8.42 Å². The van der Waals surface area contributed by atoms with E-state index in [0.717, 1.165) is 20.9 Å². The first kappa shape index (κ1) is 18.3. The Morgan fingerprint density at radius 2 is 0.917 bits per heavy atom. The quantitative estimate of drug-likeness (QED) is 0.697. The zero-order valence-corrected chi connectivity index (χ0v) is 15.3. The van der Waals surface area contributed by atoms with Crippen molar-refractivity contribution in [1.29, 1.82) is 0 Å². The molecule has 2 rings (SSSR count). The fourth-order valence-electron chi connectivity index (χ4n) is 1.86. The van der Waals surface area contributed by atoms with Crippen LogP contribution in [0.25, 0.3) is 0 Å². The van der Waals surface area contributed by atoms with Crippen LogP contribution in [0.15, 0.2) is 93.4 Å². The first-order valence-corrected chi connectivity index (χ1v) is 9.95. The maximum Gasteiger partial charge on any atom is 0.0775 e. The second-order valence-corrected chi connectivity index (χ2v) is 7.94. The number of rotatable bonds is 6. The Hall–Kier alpha value is -2.04. The molecular weight excluding hydrogens is 336 g/mol. The van der Waals surface area contributed by atoms with Crippen LogP contribution in [0.2, 0.25) is 0 Å². The molecule has 0 radical (unpaired) electrons. The molecule has 0 bridgehead atoms. The smallest absolute Gasteiger partial charge is 0.0775 e. The molecule has 0 aliphatic carbocycles. The van der Waals surface area contributed by atoms with Gasteiger partial charge in [0.1, 0.15) is 0 Å². The fourth-order valence-corrected chi connectivity index (χ4v) is 3.45. The Labute approximate surface area is 148 Å². The lowest BCUT2D eigenvalue weighted by molar-refractivity contribution is 0.687. The molecule has 2 aromatic rings. The molecule has 124 valence electrons. The van der Waals surface area contributed by atoms with Gasteiger partial charge in [-0.3, -0.25) is 0 Å². The molecule has 0 saturated carbocycles. The van der Waals surface area contributed by atoms with Crippen LogP contribution < -0.4 is 0 Å². The summed E-state index contributed by atoms with van der Waals surface area (Å²) in [6.07, 6.45) is 7.01. The molecule has 24 heavy (non-hydrogen) atoms. The summed E-state index contributed by atoms with van der Waals surface area (Å²) in [5.41, 5.74) is 2.29. The van der Waals surface area contributed by atoms with Gasteiger partial charge in [0, 0.05) is 20.6 Å². The number of aryl methyl sites for hydroxylation is 2. The molecule has 0 spiro atoms. The van der Waals surface area contributed by atoms with Gasteiger partial charge in [0.15, 0.2) is 0 Å². The van der Waals surface area contributed by atoms with Crippen molar-refractivity contribution in [3.8, 4) is 0 Å². The Balaban J connectivity index is 1.87. The van der Waals surface area contributed by atoms with E-state index in [4.69, 9.17) is 0 Å². The summed E-state index contributed by atoms with van der Waals surface area (Å²) in [5.74, 6) is 0. The largest absolute Gasteiger partial charge is 0.250 e. The van der Waals surface area contributed by atoms with E-state index in [-0.39, 0.29) is 0 Å². The number of allylic oxidation sites excluding steroid dienone is 4. The second-order valence-electron chi connectivity index (χ2n) is 5.26. The summed E-state index contributed by atoms with van der Waals surface area (Å²) < 4.78 is 24.1. The SMILES string of the molecule is Cc1ccc([S@](=O)/C=C/C=C/C=C/[S@](=O)c2ccc(C)cc2)cc1. The lowest BCUT2D eigenvalue weighted by Crippen LogP contribution is -1.86. The molecular formula is C20H20O2S2. The number of hydrogen-bond acceptors (Lipinski definition) is 2. The summed E-state index contributed by atoms with van der Waals surface area (Å²) in [4.78, 5) is 1.56. The maximum absolute atomic E-state index is 12.0. The Morgan fingerprint density at radius 3 is 1.25 bits per heavy atom. The number of hydrogen-bond donors (Lipinski definition) is 0. The standard InChI is InChI=1S/C20H20O2S2/c1-17-7-11-19(12-8-17)23(21)15-5-3-4-6-16-24(22)20-13-9-18(2)10-14-20/h3-16H,1-2H3/b4-3+,15-5+,16-6+/t23-,24+. The van der Waals surface area contributed by atoms with E-state index in [1.54, 1.807) is 35.1 Å². The predicted molar refractivity (Wildman–Crippen MR) is 103 cm³/mol. The normalized spacial score (nSPS) is 14.6. The van der Waals surface area contributed by atoms with E-state index in [2.05, 4.69) is 0 Å². The molecule has 4 heteroatoms. The summed E-state index contributed by atoms with van der Waals surface area (Å²) in [7, 11) is -2.31. The Bertz CT molecular complexity index is 729. The molecule has 2 atom stereocenters. The first-order valence-electron chi connectivity index (χ1n) is 7.52. The molecule has 2 aromatic carbocycles. The summed E-state index contributed by atoms with van der Waals surface area (Å²) in [5, 5.41) is 3.26. The van der Waals surface area contributed by atoms with Gasteiger partial charge < -0.3 is 0 Å². The van der Waals surface area contributed by atoms with E-state index in [0.29, 0.717) is 0 Å². The van der Waals surface area contributed by atoms with Crippen molar-refractivity contribution in [1.82, 2.24) is 0 Å². The van der Waals surface area contributed by atoms with Crippen molar-refractivity contribution >= 4 is 21.6 Å². The van der Waals surface area contributed by atoms with Crippen molar-refractivity contribution in [2.75, 3.05) is 0 Å². The van der Waals surface area contributed by atoms with Crippen molar-refractivity contribution in [2.24, 2.45) is 0 Å². The van der Waals surface area contributed by atoms with Crippen LogP contribution in [-0.4, -0.2) is 8.42 Å². The van der Waals surface area contributed by atoms with Gasteiger partial charge in [0.25, 0.3) is 0 Å². The third kappa shape index (κ3) is 5.87. The highest BCUT2D eigenvalue weighted by Gasteiger charge is 1.98. The Morgan fingerprint density at radius 1 is 0.583 bits per heavy atom. The van der Waals surface area contributed by atoms with Crippen molar-refractivity contribution < 1.29 is 8.42 Å². The molecule has 0 fully saturated rings. The number of benzene rings is 2. The molecule has 0 heterocycles. The minimum atomic E-state index is -1.15. The van der Waals surface area contributed by atoms with E-state index >= 15 is 0 Å². The lowest BCUT2D eigenvalue weighted by atomic mass is 10.2. The van der Waals surface area contributed by atoms with Crippen LogP contribution in [0.3, 0.4) is 0 Å². The van der Waals surface area contributed by atoms with Gasteiger partial charge >= 0.3 is 0 Å². The minimum absolute atomic E-state index is 0.779. The topological polar surface area (TPSA) is 34.1 Å². The average molecular weight is 357 g/mol. The van der Waals surface area contributed by atoms with Gasteiger partial charge in [-0.1, -0.05) is 59.7 Å². The average Bonchev–Trinajstić information content (AvgIpc) is 2.58. The van der Waals surface area contributed by atoms with Crippen molar-refractivity contribution in [3.05, 3.63) is 94.8 Å². The van der Waals surface area contributed by atoms with Crippen LogP contribution in [0.1, 0.15) is 11.1 Å². The molecule has 0 saturated heterocycles. The van der Waals surface area contributed by atoms with Crippen LogP contribution >= 0.6 is 0 Å². The van der Waals surface area contributed by atoms with Crippen LogP contribution in [-0.2, 0) is 21.6 Å². The van der Waals surface area contributed by atoms with Gasteiger partial charge in [-0.05, 0) is 38.1 Å². The highest BCUT2D eigenvalue weighted by atomic mass is 32.2. The highest BCUT2D eigenvalue weighted by molar-refractivity contribution is 7.88. The fraction of sp³-hybridized carbons (Fsp3) is 0.100. The Kier molecular flexibility index (Phi) is 7.09. The zero-order valence-electron chi connectivity index (χ0n) is 13.7. The zero-order chi connectivity index (χ0) is 17.4. The van der Waals surface area contributed by atoms with Crippen LogP contribution in [0.5, 0.6) is 0 Å². The third-order valence-electron chi connectivity index (χ3n) is 3.24. The molecule has 2 nitrogen and oxygen atoms in total. The monoisotopic (exact) mass is 356 g/mol. The lowest BCUT2D eigenvalue weighted by Gasteiger charge is -1.96. The molecule has 0 aliphatic rings. The highest BCUT2D eigenvalue weighted by Crippen LogP contribution is 2.10. The van der Waals surface area contributed by atoms with Crippen LogP contribution in [0.4, 0.5) is 0 Å². The predicted octanol–water partition coefficient (Wildman–Crippen LogP) is 4.80. The van der Waals surface area contributed by atoms with E-state index in [1.165, 1.54) is 0 Å². The summed E-state index contributed by atoms with van der Waals surface area (Å²) in [6, 6.07) is 15.2. The molecule has 0 unspecified atom stereocenters. The third-order valence-corrected chi connectivity index (χ3v) is 5.53. The van der Waals surface area contributed by atoms with Gasteiger partial charge in [0.05, 0.1) is 21.6 Å². The van der Waals surface area contributed by atoms with Crippen molar-refractivity contribution in [2.45, 2.75) is 23.6 Å². The van der Waals surface area contributed by atoms with Gasteiger partial charge in [0.2, 0.25) is 0 Å².